The third-order valence-corrected chi connectivity index (χ3v) is 12.1. The first-order valence-corrected chi connectivity index (χ1v) is 15.7. The van der Waals surface area contributed by atoms with Crippen LogP contribution in [0.25, 0.3) is 0 Å². The summed E-state index contributed by atoms with van der Waals surface area (Å²) in [5.74, 6) is -1.18. The molecule has 1 amide bonds. The van der Waals surface area contributed by atoms with Crippen LogP contribution in [0.2, 0.25) is 0 Å². The molecule has 0 heterocycles. The van der Waals surface area contributed by atoms with E-state index in [1.165, 1.54) is 33.7 Å². The fraction of sp³-hybridized carbons (Fsp3) is 0.741. The van der Waals surface area contributed by atoms with Gasteiger partial charge in [-0.3, -0.25) is 9.59 Å². The SMILES string of the molecule is C[C@H]1C[C@@H]2[C@H]3CCC4=CC(=O)C=C[C@@]4(C)[C@]3(F)[C@H](O)C[C@@]2(C)[C@]1(O)C(=O)COC(=O)NCCSSCCO. The number of aliphatic hydroxyl groups is 3. The summed E-state index contributed by atoms with van der Waals surface area (Å²) in [5, 5.41) is 34.6. The molecular formula is C27H38FNO7S2. The second-order valence-electron chi connectivity index (χ2n) is 11.5. The average Bonchev–Trinajstić information content (AvgIpc) is 3.07. The topological polar surface area (TPSA) is 133 Å². The Labute approximate surface area is 230 Å². The number of aliphatic hydroxyl groups excluding tert-OH is 2. The van der Waals surface area contributed by atoms with Crippen LogP contribution in [-0.2, 0) is 14.3 Å². The first-order valence-electron chi connectivity index (χ1n) is 13.2. The summed E-state index contributed by atoms with van der Waals surface area (Å²) >= 11 is 0. The Bertz CT molecular complexity index is 1040. The Morgan fingerprint density at radius 3 is 2.66 bits per heavy atom. The van der Waals surface area contributed by atoms with E-state index in [-0.39, 0.29) is 24.7 Å². The van der Waals surface area contributed by atoms with E-state index in [1.54, 1.807) is 26.8 Å². The van der Waals surface area contributed by atoms with E-state index in [2.05, 4.69) is 5.32 Å². The van der Waals surface area contributed by atoms with Crippen molar-refractivity contribution in [3.63, 3.8) is 0 Å². The van der Waals surface area contributed by atoms with Gasteiger partial charge in [-0.05, 0) is 56.6 Å². The molecule has 3 fully saturated rings. The lowest BCUT2D eigenvalue weighted by molar-refractivity contribution is -0.219. The monoisotopic (exact) mass is 571 g/mol. The maximum absolute atomic E-state index is 17.2. The van der Waals surface area contributed by atoms with Crippen LogP contribution in [0.5, 0.6) is 0 Å². The van der Waals surface area contributed by atoms with E-state index in [9.17, 15) is 24.6 Å². The zero-order valence-electron chi connectivity index (χ0n) is 22.1. The van der Waals surface area contributed by atoms with Crippen LogP contribution in [-0.4, -0.2) is 81.6 Å². The van der Waals surface area contributed by atoms with Gasteiger partial charge < -0.3 is 25.4 Å². The van der Waals surface area contributed by atoms with E-state index in [0.29, 0.717) is 42.9 Å². The number of alkyl carbamates (subject to hydrolysis) is 1. The summed E-state index contributed by atoms with van der Waals surface area (Å²) in [6.45, 7) is 5.00. The predicted octanol–water partition coefficient (Wildman–Crippen LogP) is 3.00. The van der Waals surface area contributed by atoms with Crippen molar-refractivity contribution in [2.24, 2.45) is 28.6 Å². The second-order valence-corrected chi connectivity index (χ2v) is 14.2. The summed E-state index contributed by atoms with van der Waals surface area (Å²) < 4.78 is 22.3. The van der Waals surface area contributed by atoms with Crippen LogP contribution in [0.4, 0.5) is 9.18 Å². The molecule has 4 aliphatic carbocycles. The summed E-state index contributed by atoms with van der Waals surface area (Å²) in [7, 11) is 2.97. The number of halogens is 1. The number of rotatable bonds is 9. The molecule has 0 saturated heterocycles. The van der Waals surface area contributed by atoms with Gasteiger partial charge in [0.2, 0.25) is 5.78 Å². The Hall–Kier alpha value is -1.40. The van der Waals surface area contributed by atoms with E-state index in [4.69, 9.17) is 9.84 Å². The molecule has 0 unspecified atom stereocenters. The maximum atomic E-state index is 17.2. The number of fused-ring (bicyclic) bond motifs is 5. The zero-order chi connectivity index (χ0) is 27.9. The van der Waals surface area contributed by atoms with Crippen molar-refractivity contribution in [1.82, 2.24) is 5.32 Å². The molecule has 38 heavy (non-hydrogen) atoms. The number of hydrogen-bond acceptors (Lipinski definition) is 9. The summed E-state index contributed by atoms with van der Waals surface area (Å²) in [4.78, 5) is 37.6. The molecular weight excluding hydrogens is 533 g/mol. The van der Waals surface area contributed by atoms with Crippen molar-refractivity contribution in [2.75, 3.05) is 31.3 Å². The van der Waals surface area contributed by atoms with Crippen molar-refractivity contribution in [1.29, 1.82) is 0 Å². The molecule has 3 saturated carbocycles. The third kappa shape index (κ3) is 4.46. The molecule has 4 rings (SSSR count). The Morgan fingerprint density at radius 2 is 1.95 bits per heavy atom. The van der Waals surface area contributed by atoms with E-state index in [1.807, 2.05) is 0 Å². The lowest BCUT2D eigenvalue weighted by Crippen LogP contribution is -2.69. The number of alkyl halides is 1. The van der Waals surface area contributed by atoms with Crippen molar-refractivity contribution in [2.45, 2.75) is 63.8 Å². The smallest absolute Gasteiger partial charge is 0.407 e. The number of hydrogen-bond donors (Lipinski definition) is 4. The van der Waals surface area contributed by atoms with Gasteiger partial charge in [0.25, 0.3) is 0 Å². The molecule has 0 aromatic rings. The quantitative estimate of drug-likeness (QED) is 0.243. The summed E-state index contributed by atoms with van der Waals surface area (Å²) in [6.07, 6.45) is 3.36. The maximum Gasteiger partial charge on any atom is 0.407 e. The molecule has 4 N–H and O–H groups in total. The van der Waals surface area contributed by atoms with Gasteiger partial charge in [-0.2, -0.15) is 0 Å². The molecule has 11 heteroatoms. The number of allylic oxidation sites excluding steroid dienone is 4. The lowest BCUT2D eigenvalue weighted by atomic mass is 9.44. The highest BCUT2D eigenvalue weighted by Crippen LogP contribution is 2.70. The number of ketones is 2. The van der Waals surface area contributed by atoms with Crippen molar-refractivity contribution < 1.29 is 38.8 Å². The molecule has 4 aliphatic rings. The van der Waals surface area contributed by atoms with Crippen molar-refractivity contribution in [3.8, 4) is 0 Å². The van der Waals surface area contributed by atoms with Gasteiger partial charge in [0.05, 0.1) is 12.7 Å². The van der Waals surface area contributed by atoms with E-state index >= 15 is 4.39 Å². The number of carbonyl (C=O) groups excluding carboxylic acids is 3. The Kier molecular flexibility index (Phi) is 8.47. The summed E-state index contributed by atoms with van der Waals surface area (Å²) in [6, 6.07) is 0. The molecule has 8 atom stereocenters. The van der Waals surface area contributed by atoms with Crippen LogP contribution < -0.4 is 5.32 Å². The molecule has 0 aromatic heterocycles. The molecule has 0 aromatic carbocycles. The van der Waals surface area contributed by atoms with E-state index < -0.39 is 58.5 Å². The van der Waals surface area contributed by atoms with Gasteiger partial charge in [0.15, 0.2) is 18.1 Å². The summed E-state index contributed by atoms with van der Waals surface area (Å²) in [5.41, 5.74) is -5.53. The average molecular weight is 572 g/mol. The van der Waals surface area contributed by atoms with Crippen molar-refractivity contribution in [3.05, 3.63) is 23.8 Å². The van der Waals surface area contributed by atoms with Gasteiger partial charge in [0, 0.05) is 34.8 Å². The lowest BCUT2D eigenvalue weighted by Gasteiger charge is -2.62. The highest BCUT2D eigenvalue weighted by Gasteiger charge is 2.75. The number of nitrogens with one attached hydrogen (secondary N) is 1. The number of carbonyl (C=O) groups is 3. The second kappa shape index (κ2) is 10.9. The number of ether oxygens (including phenoxy) is 1. The Balaban J connectivity index is 1.48. The normalized spacial score (nSPS) is 41.6. The van der Waals surface area contributed by atoms with Gasteiger partial charge >= 0.3 is 6.09 Å². The minimum atomic E-state index is -2.05. The minimum absolute atomic E-state index is 0.0793. The number of Topliss-reactive ketones (excluding diaryl/α,β-unsaturated/α-hetero) is 1. The van der Waals surface area contributed by atoms with Crippen LogP contribution >= 0.6 is 21.6 Å². The third-order valence-electron chi connectivity index (χ3n) is 9.69. The largest absolute Gasteiger partial charge is 0.441 e. The van der Waals surface area contributed by atoms with E-state index in [0.717, 1.165) is 0 Å². The predicted molar refractivity (Wildman–Crippen MR) is 144 cm³/mol. The van der Waals surface area contributed by atoms with Gasteiger partial charge in [-0.25, -0.2) is 9.18 Å². The molecule has 8 nitrogen and oxygen atoms in total. The van der Waals surface area contributed by atoms with Crippen LogP contribution in [0.1, 0.15) is 46.5 Å². The standard InChI is InChI=1S/C27H38FNO7S2/c1-16-12-20-19-5-4-17-13-18(31)6-7-24(17,2)26(19,28)21(32)14-25(20,3)27(16,35)22(33)15-36-23(34)29-8-10-37-38-11-9-30/h6-7,13,16,19-21,30,32,35H,4-5,8-12,14-15H2,1-3H3,(H,29,34)/t16-,19+,20+,21+,24+,25+,26+,27+/m0/s1. The fourth-order valence-electron chi connectivity index (χ4n) is 7.78. The first kappa shape index (κ1) is 29.6. The van der Waals surface area contributed by atoms with Crippen LogP contribution in [0, 0.1) is 28.6 Å². The fourth-order valence-corrected chi connectivity index (χ4v) is 9.46. The van der Waals surface area contributed by atoms with Gasteiger partial charge in [-0.1, -0.05) is 47.1 Å². The van der Waals surface area contributed by atoms with Crippen LogP contribution in [0.15, 0.2) is 23.8 Å². The van der Waals surface area contributed by atoms with Crippen LogP contribution in [0.3, 0.4) is 0 Å². The van der Waals surface area contributed by atoms with Gasteiger partial charge in [-0.15, -0.1) is 0 Å². The highest BCUT2D eigenvalue weighted by molar-refractivity contribution is 8.76. The molecule has 212 valence electrons. The Morgan fingerprint density at radius 1 is 1.24 bits per heavy atom. The van der Waals surface area contributed by atoms with Gasteiger partial charge in [0.1, 0.15) is 5.60 Å². The molecule has 0 aliphatic heterocycles. The molecule has 0 bridgehead atoms. The molecule has 0 radical (unpaired) electrons. The number of amides is 1. The first-order chi connectivity index (χ1) is 17.9. The molecule has 0 spiro atoms. The van der Waals surface area contributed by atoms with Crippen molar-refractivity contribution >= 4 is 39.2 Å². The zero-order valence-corrected chi connectivity index (χ0v) is 23.7. The highest BCUT2D eigenvalue weighted by atomic mass is 33.1. The minimum Gasteiger partial charge on any atom is -0.441 e.